The number of hydrogen-bond acceptors (Lipinski definition) is 3. The van der Waals surface area contributed by atoms with Crippen molar-refractivity contribution >= 4 is 39.2 Å². The lowest BCUT2D eigenvalue weighted by Crippen LogP contribution is -2.18. The Morgan fingerprint density at radius 2 is 2.30 bits per heavy atom. The van der Waals surface area contributed by atoms with Crippen molar-refractivity contribution in [3.63, 3.8) is 0 Å². The van der Waals surface area contributed by atoms with Crippen LogP contribution < -0.4 is 4.80 Å². The van der Waals surface area contributed by atoms with E-state index in [1.165, 1.54) is 15.8 Å². The fourth-order valence-electron chi connectivity index (χ4n) is 2.18. The first-order valence-electron chi connectivity index (χ1n) is 6.86. The van der Waals surface area contributed by atoms with Crippen LogP contribution in [0.3, 0.4) is 0 Å². The molecule has 1 aliphatic carbocycles. The predicted octanol–water partition coefficient (Wildman–Crippen LogP) is 3.21. The smallest absolute Gasteiger partial charge is 0.251 e. The van der Waals surface area contributed by atoms with Crippen molar-refractivity contribution in [3.05, 3.63) is 28.6 Å². The summed E-state index contributed by atoms with van der Waals surface area (Å²) in [5.41, 5.74) is 2.44. The Kier molecular flexibility index (Phi) is 3.98. The number of carbonyl (C=O) groups excluding carboxylic acids is 1. The first-order chi connectivity index (χ1) is 9.69. The summed E-state index contributed by atoms with van der Waals surface area (Å²) >= 11 is 3.44. The summed E-state index contributed by atoms with van der Waals surface area (Å²) in [6.45, 7) is 3.00. The Bertz CT molecular complexity index is 710. The third kappa shape index (κ3) is 2.83. The molecule has 1 aromatic carbocycles. The van der Waals surface area contributed by atoms with Crippen molar-refractivity contribution in [2.75, 3.05) is 12.0 Å². The molecule has 1 aromatic heterocycles. The number of rotatable bonds is 4. The van der Waals surface area contributed by atoms with Crippen LogP contribution in [0.4, 0.5) is 0 Å². The molecule has 106 valence electrons. The molecular weight excluding hydrogens is 288 g/mol. The number of amides is 1. The lowest BCUT2D eigenvalue weighted by atomic mass is 10.2. The average Bonchev–Trinajstić information content (AvgIpc) is 3.21. The summed E-state index contributed by atoms with van der Waals surface area (Å²) in [5, 5.41) is 0. The number of benzene rings is 1. The topological polar surface area (TPSA) is 34.4 Å². The third-order valence-electron chi connectivity index (χ3n) is 3.49. The molecule has 0 saturated heterocycles. The Labute approximate surface area is 126 Å². The third-order valence-corrected chi connectivity index (χ3v) is 5.12. The molecule has 0 atom stereocenters. The molecule has 0 aliphatic heterocycles. The molecule has 1 heterocycles. The van der Waals surface area contributed by atoms with E-state index in [9.17, 15) is 4.79 Å². The summed E-state index contributed by atoms with van der Waals surface area (Å²) in [7, 11) is 0. The van der Waals surface area contributed by atoms with Crippen molar-refractivity contribution in [2.24, 2.45) is 10.9 Å². The highest BCUT2D eigenvalue weighted by Crippen LogP contribution is 2.30. The van der Waals surface area contributed by atoms with Crippen LogP contribution in [0.25, 0.3) is 10.2 Å². The number of carbonyl (C=O) groups is 1. The van der Waals surface area contributed by atoms with E-state index in [0.717, 1.165) is 29.9 Å². The monoisotopic (exact) mass is 306 g/mol. The fourth-order valence-corrected chi connectivity index (χ4v) is 3.71. The normalized spacial score (nSPS) is 16.0. The molecule has 20 heavy (non-hydrogen) atoms. The number of thioether (sulfide) groups is 1. The Balaban J connectivity index is 2.10. The number of aryl methyl sites for hydroxylation is 2. The zero-order chi connectivity index (χ0) is 14.1. The minimum atomic E-state index is 0.0613. The van der Waals surface area contributed by atoms with E-state index in [0.29, 0.717) is 0 Å². The van der Waals surface area contributed by atoms with Crippen molar-refractivity contribution in [1.82, 2.24) is 4.57 Å². The number of aromatic nitrogens is 1. The number of nitrogens with zero attached hydrogens (tertiary/aromatic N) is 2. The van der Waals surface area contributed by atoms with Crippen LogP contribution in [-0.2, 0) is 11.3 Å². The first-order valence-corrected chi connectivity index (χ1v) is 9.07. The molecule has 1 amide bonds. The van der Waals surface area contributed by atoms with Gasteiger partial charge in [-0.2, -0.15) is 16.8 Å². The average molecular weight is 306 g/mol. The SMILES string of the molecule is CSCCn1c(=NC(=O)C2CC2)sc2cc(C)ccc21. The highest BCUT2D eigenvalue weighted by Gasteiger charge is 2.29. The molecule has 2 aromatic rings. The number of hydrogen-bond donors (Lipinski definition) is 0. The van der Waals surface area contributed by atoms with Crippen LogP contribution in [-0.4, -0.2) is 22.5 Å². The molecule has 0 N–H and O–H groups in total. The molecule has 0 bridgehead atoms. The van der Waals surface area contributed by atoms with Crippen LogP contribution in [0.1, 0.15) is 18.4 Å². The second kappa shape index (κ2) is 5.74. The van der Waals surface area contributed by atoms with Gasteiger partial charge in [0.2, 0.25) is 0 Å². The lowest BCUT2D eigenvalue weighted by molar-refractivity contribution is -0.119. The second-order valence-corrected chi connectivity index (χ2v) is 7.22. The van der Waals surface area contributed by atoms with Gasteiger partial charge in [0.25, 0.3) is 5.91 Å². The summed E-state index contributed by atoms with van der Waals surface area (Å²) in [5.74, 6) is 1.28. The molecule has 5 heteroatoms. The molecule has 3 nitrogen and oxygen atoms in total. The van der Waals surface area contributed by atoms with E-state index in [-0.39, 0.29) is 11.8 Å². The fraction of sp³-hybridized carbons (Fsp3) is 0.467. The van der Waals surface area contributed by atoms with Crippen LogP contribution in [0, 0.1) is 12.8 Å². The van der Waals surface area contributed by atoms with Crippen LogP contribution in [0.5, 0.6) is 0 Å². The van der Waals surface area contributed by atoms with E-state index in [1.54, 1.807) is 11.3 Å². The van der Waals surface area contributed by atoms with Crippen molar-refractivity contribution in [3.8, 4) is 0 Å². The lowest BCUT2D eigenvalue weighted by Gasteiger charge is -2.03. The summed E-state index contributed by atoms with van der Waals surface area (Å²) in [6.07, 6.45) is 4.12. The van der Waals surface area contributed by atoms with Gasteiger partial charge in [-0.25, -0.2) is 0 Å². The summed E-state index contributed by atoms with van der Waals surface area (Å²) in [6, 6.07) is 6.44. The van der Waals surface area contributed by atoms with Crippen molar-refractivity contribution in [1.29, 1.82) is 0 Å². The Hall–Kier alpha value is -1.07. The molecule has 1 fully saturated rings. The molecule has 0 radical (unpaired) electrons. The molecule has 3 rings (SSSR count). The van der Waals surface area contributed by atoms with E-state index in [2.05, 4.69) is 40.9 Å². The van der Waals surface area contributed by atoms with Gasteiger partial charge in [-0.05, 0) is 43.7 Å². The van der Waals surface area contributed by atoms with Gasteiger partial charge in [-0.3, -0.25) is 4.79 Å². The molecule has 1 aliphatic rings. The quantitative estimate of drug-likeness (QED) is 0.869. The largest absolute Gasteiger partial charge is 0.316 e. The molecule has 1 saturated carbocycles. The van der Waals surface area contributed by atoms with Crippen molar-refractivity contribution in [2.45, 2.75) is 26.3 Å². The van der Waals surface area contributed by atoms with E-state index in [1.807, 2.05) is 11.8 Å². The minimum Gasteiger partial charge on any atom is -0.316 e. The van der Waals surface area contributed by atoms with Gasteiger partial charge in [0.05, 0.1) is 10.2 Å². The first kappa shape index (κ1) is 13.9. The molecular formula is C15H18N2OS2. The van der Waals surface area contributed by atoms with Gasteiger partial charge < -0.3 is 4.57 Å². The van der Waals surface area contributed by atoms with Gasteiger partial charge in [-0.1, -0.05) is 17.4 Å². The maximum atomic E-state index is 12.0. The van der Waals surface area contributed by atoms with Gasteiger partial charge in [-0.15, -0.1) is 0 Å². The highest BCUT2D eigenvalue weighted by atomic mass is 32.2. The van der Waals surface area contributed by atoms with Gasteiger partial charge in [0.15, 0.2) is 4.80 Å². The van der Waals surface area contributed by atoms with Crippen LogP contribution in [0.2, 0.25) is 0 Å². The van der Waals surface area contributed by atoms with E-state index < -0.39 is 0 Å². The van der Waals surface area contributed by atoms with E-state index >= 15 is 0 Å². The van der Waals surface area contributed by atoms with Gasteiger partial charge in [0, 0.05) is 18.2 Å². The van der Waals surface area contributed by atoms with Crippen LogP contribution in [0.15, 0.2) is 23.2 Å². The number of fused-ring (bicyclic) bond motifs is 1. The zero-order valence-corrected chi connectivity index (χ0v) is 13.4. The maximum Gasteiger partial charge on any atom is 0.251 e. The van der Waals surface area contributed by atoms with Gasteiger partial charge >= 0.3 is 0 Å². The Morgan fingerprint density at radius 3 is 3.00 bits per heavy atom. The zero-order valence-electron chi connectivity index (χ0n) is 11.8. The summed E-state index contributed by atoms with van der Waals surface area (Å²) < 4.78 is 3.41. The summed E-state index contributed by atoms with van der Waals surface area (Å²) in [4.78, 5) is 17.2. The second-order valence-electron chi connectivity index (χ2n) is 5.22. The van der Waals surface area contributed by atoms with E-state index in [4.69, 9.17) is 0 Å². The minimum absolute atomic E-state index is 0.0613. The highest BCUT2D eigenvalue weighted by molar-refractivity contribution is 7.98. The van der Waals surface area contributed by atoms with Crippen LogP contribution >= 0.6 is 23.1 Å². The number of thiazole rings is 1. The van der Waals surface area contributed by atoms with Crippen molar-refractivity contribution < 1.29 is 4.79 Å². The Morgan fingerprint density at radius 1 is 1.50 bits per heavy atom. The maximum absolute atomic E-state index is 12.0. The predicted molar refractivity (Wildman–Crippen MR) is 86.2 cm³/mol. The standard InChI is InChI=1S/C15H18N2OS2/c1-10-3-6-12-13(9-10)20-15(17(12)7-8-19-2)16-14(18)11-4-5-11/h3,6,9,11H,4-5,7-8H2,1-2H3. The molecule has 0 spiro atoms. The molecule has 0 unspecified atom stereocenters. The van der Waals surface area contributed by atoms with Gasteiger partial charge in [0.1, 0.15) is 0 Å².